The van der Waals surface area contributed by atoms with Crippen LogP contribution in [0.3, 0.4) is 0 Å². The SMILES string of the molecule is CC1(F)CC[C@@H](C#N)N(C(=O)CCC(=O)c2ccnc3ccc(-c4ccc5c(c4)CCC(=O)C5)cc23)C1. The molecule has 0 bridgehead atoms. The fourth-order valence-electron chi connectivity index (χ4n) is 5.39. The van der Waals surface area contributed by atoms with E-state index in [2.05, 4.69) is 17.1 Å². The number of alkyl halides is 1. The number of aryl methyl sites for hydroxylation is 1. The van der Waals surface area contributed by atoms with Crippen molar-refractivity contribution in [3.63, 3.8) is 0 Å². The summed E-state index contributed by atoms with van der Waals surface area (Å²) in [6.07, 6.45) is 3.77. The predicted octanol–water partition coefficient (Wildman–Crippen LogP) is 5.17. The van der Waals surface area contributed by atoms with E-state index in [0.29, 0.717) is 35.7 Å². The van der Waals surface area contributed by atoms with Gasteiger partial charge in [-0.05, 0) is 66.6 Å². The highest BCUT2D eigenvalue weighted by atomic mass is 19.1. The van der Waals surface area contributed by atoms with Crippen LogP contribution in [0.4, 0.5) is 4.39 Å². The Labute approximate surface area is 215 Å². The molecule has 1 unspecified atom stereocenters. The number of nitrogens with zero attached hydrogens (tertiary/aromatic N) is 3. The highest BCUT2D eigenvalue weighted by Crippen LogP contribution is 2.31. The van der Waals surface area contributed by atoms with Crippen LogP contribution in [0.15, 0.2) is 48.7 Å². The van der Waals surface area contributed by atoms with Gasteiger partial charge < -0.3 is 4.90 Å². The maximum Gasteiger partial charge on any atom is 0.224 e. The molecule has 1 fully saturated rings. The zero-order valence-electron chi connectivity index (χ0n) is 20.8. The van der Waals surface area contributed by atoms with E-state index in [1.807, 2.05) is 30.3 Å². The van der Waals surface area contributed by atoms with E-state index in [0.717, 1.165) is 23.1 Å². The molecule has 1 amide bonds. The van der Waals surface area contributed by atoms with Gasteiger partial charge in [-0.25, -0.2) is 4.39 Å². The average Bonchev–Trinajstić information content (AvgIpc) is 2.90. The van der Waals surface area contributed by atoms with E-state index in [1.54, 1.807) is 12.3 Å². The highest BCUT2D eigenvalue weighted by molar-refractivity contribution is 6.08. The third kappa shape index (κ3) is 5.15. The second-order valence-electron chi connectivity index (χ2n) is 10.3. The summed E-state index contributed by atoms with van der Waals surface area (Å²) in [6, 6.07) is 15.0. The summed E-state index contributed by atoms with van der Waals surface area (Å²) >= 11 is 0. The number of benzene rings is 2. The summed E-state index contributed by atoms with van der Waals surface area (Å²) in [5.41, 5.74) is 3.83. The number of carbonyl (C=O) groups excluding carboxylic acids is 3. The number of hydrogen-bond acceptors (Lipinski definition) is 5. The summed E-state index contributed by atoms with van der Waals surface area (Å²) in [7, 11) is 0. The number of rotatable bonds is 5. The zero-order valence-corrected chi connectivity index (χ0v) is 20.8. The van der Waals surface area contributed by atoms with Crippen LogP contribution in [0.1, 0.15) is 60.5 Å². The third-order valence-electron chi connectivity index (χ3n) is 7.49. The van der Waals surface area contributed by atoms with Gasteiger partial charge in [-0.3, -0.25) is 19.4 Å². The Kier molecular flexibility index (Phi) is 6.59. The van der Waals surface area contributed by atoms with Crippen molar-refractivity contribution in [1.29, 1.82) is 5.26 Å². The fourth-order valence-corrected chi connectivity index (χ4v) is 5.39. The smallest absolute Gasteiger partial charge is 0.224 e. The molecule has 1 saturated heterocycles. The summed E-state index contributed by atoms with van der Waals surface area (Å²) in [5.74, 6) is -0.314. The minimum Gasteiger partial charge on any atom is -0.323 e. The molecule has 7 heteroatoms. The first-order valence-corrected chi connectivity index (χ1v) is 12.7. The van der Waals surface area contributed by atoms with Crippen molar-refractivity contribution < 1.29 is 18.8 Å². The lowest BCUT2D eigenvalue weighted by Crippen LogP contribution is -2.51. The van der Waals surface area contributed by atoms with E-state index in [9.17, 15) is 24.0 Å². The number of nitriles is 1. The van der Waals surface area contributed by atoms with Gasteiger partial charge in [-0.1, -0.05) is 24.3 Å². The number of ketones is 2. The first-order chi connectivity index (χ1) is 17.7. The van der Waals surface area contributed by atoms with E-state index in [1.165, 1.54) is 17.4 Å². The largest absolute Gasteiger partial charge is 0.323 e. The third-order valence-corrected chi connectivity index (χ3v) is 7.49. The Morgan fingerprint density at radius 2 is 1.89 bits per heavy atom. The van der Waals surface area contributed by atoms with Crippen LogP contribution in [-0.4, -0.2) is 45.6 Å². The van der Waals surface area contributed by atoms with E-state index in [-0.39, 0.29) is 43.3 Å². The Hall–Kier alpha value is -3.92. The Bertz CT molecular complexity index is 1460. The van der Waals surface area contributed by atoms with E-state index >= 15 is 0 Å². The van der Waals surface area contributed by atoms with Crippen molar-refractivity contribution in [2.75, 3.05) is 6.54 Å². The fraction of sp³-hybridized carbons (Fsp3) is 0.367. The number of amides is 1. The standard InChI is InChI=1S/C30H28FN3O3/c1-30(31)12-10-23(17-32)34(18-30)29(37)9-8-28(36)25-11-13-33-27-7-5-22(16-26(25)27)19-2-3-21-15-24(35)6-4-20(21)14-19/h2-3,5,7,11,13-14,16,23H,4,6,8-10,12,15,18H2,1H3/t23-,30?/m0/s1. The number of halogens is 1. The summed E-state index contributed by atoms with van der Waals surface area (Å²) in [6.45, 7) is 1.31. The van der Waals surface area contributed by atoms with E-state index in [4.69, 9.17) is 0 Å². The van der Waals surface area contributed by atoms with Crippen LogP contribution in [0.25, 0.3) is 22.0 Å². The molecule has 2 heterocycles. The molecule has 6 nitrogen and oxygen atoms in total. The number of pyridine rings is 1. The number of fused-ring (bicyclic) bond motifs is 2. The number of Topliss-reactive ketones (excluding diaryl/α,β-unsaturated/α-hetero) is 2. The predicted molar refractivity (Wildman–Crippen MR) is 138 cm³/mol. The molecular formula is C30H28FN3O3. The summed E-state index contributed by atoms with van der Waals surface area (Å²) in [4.78, 5) is 43.5. The van der Waals surface area contributed by atoms with Gasteiger partial charge in [-0.2, -0.15) is 5.26 Å². The maximum absolute atomic E-state index is 14.5. The first-order valence-electron chi connectivity index (χ1n) is 12.7. The van der Waals surface area contributed by atoms with Crippen molar-refractivity contribution in [2.45, 2.75) is 63.6 Å². The molecule has 0 saturated carbocycles. The molecule has 0 N–H and O–H groups in total. The minimum absolute atomic E-state index is 0.0350. The number of likely N-dealkylation sites (tertiary alicyclic amines) is 1. The molecule has 1 aliphatic heterocycles. The monoisotopic (exact) mass is 497 g/mol. The van der Waals surface area contributed by atoms with Crippen LogP contribution in [0, 0.1) is 11.3 Å². The Morgan fingerprint density at radius 3 is 2.70 bits per heavy atom. The minimum atomic E-state index is -1.53. The van der Waals surface area contributed by atoms with Crippen LogP contribution >= 0.6 is 0 Å². The highest BCUT2D eigenvalue weighted by Gasteiger charge is 2.38. The van der Waals surface area contributed by atoms with Crippen LogP contribution in [0.5, 0.6) is 0 Å². The lowest BCUT2D eigenvalue weighted by atomic mass is 9.88. The van der Waals surface area contributed by atoms with Gasteiger partial charge in [0.15, 0.2) is 5.78 Å². The molecule has 1 aliphatic carbocycles. The van der Waals surface area contributed by atoms with Gasteiger partial charge in [0.1, 0.15) is 17.5 Å². The number of carbonyl (C=O) groups is 3. The lowest BCUT2D eigenvalue weighted by Gasteiger charge is -2.38. The maximum atomic E-state index is 14.5. The molecule has 0 radical (unpaired) electrons. The van der Waals surface area contributed by atoms with E-state index < -0.39 is 11.7 Å². The topological polar surface area (TPSA) is 91.1 Å². The molecule has 37 heavy (non-hydrogen) atoms. The van der Waals surface area contributed by atoms with Gasteiger partial charge in [-0.15, -0.1) is 0 Å². The Morgan fingerprint density at radius 1 is 1.11 bits per heavy atom. The van der Waals surface area contributed by atoms with Gasteiger partial charge in [0.25, 0.3) is 0 Å². The molecule has 0 spiro atoms. The van der Waals surface area contributed by atoms with Crippen molar-refractivity contribution in [2.24, 2.45) is 0 Å². The van der Waals surface area contributed by atoms with Crippen LogP contribution in [0.2, 0.25) is 0 Å². The summed E-state index contributed by atoms with van der Waals surface area (Å²) in [5, 5.41) is 10.1. The second-order valence-corrected chi connectivity index (χ2v) is 10.3. The van der Waals surface area contributed by atoms with Crippen molar-refractivity contribution in [1.82, 2.24) is 9.88 Å². The van der Waals surface area contributed by atoms with Crippen molar-refractivity contribution in [3.8, 4) is 17.2 Å². The number of hydrogen-bond donors (Lipinski definition) is 0. The first kappa shape index (κ1) is 24.8. The molecule has 2 aliphatic rings. The van der Waals surface area contributed by atoms with Gasteiger partial charge in [0, 0.05) is 42.8 Å². The van der Waals surface area contributed by atoms with Gasteiger partial charge in [0.05, 0.1) is 18.1 Å². The number of aromatic nitrogens is 1. The van der Waals surface area contributed by atoms with Crippen LogP contribution < -0.4 is 0 Å². The summed E-state index contributed by atoms with van der Waals surface area (Å²) < 4.78 is 14.5. The molecule has 5 rings (SSSR count). The number of piperidine rings is 1. The molecule has 2 atom stereocenters. The molecule has 188 valence electrons. The quantitative estimate of drug-likeness (QED) is 0.454. The lowest BCUT2D eigenvalue weighted by molar-refractivity contribution is -0.137. The van der Waals surface area contributed by atoms with Gasteiger partial charge in [0.2, 0.25) is 5.91 Å². The normalized spacial score (nSPS) is 21.4. The molecule has 2 aromatic carbocycles. The van der Waals surface area contributed by atoms with Gasteiger partial charge >= 0.3 is 0 Å². The molecule has 3 aromatic rings. The van der Waals surface area contributed by atoms with Crippen LogP contribution in [-0.2, 0) is 22.4 Å². The average molecular weight is 498 g/mol. The van der Waals surface area contributed by atoms with Crippen molar-refractivity contribution >= 4 is 28.4 Å². The molecular weight excluding hydrogens is 469 g/mol. The Balaban J connectivity index is 1.37. The second kappa shape index (κ2) is 9.85. The molecule has 1 aromatic heterocycles. The van der Waals surface area contributed by atoms with Crippen molar-refractivity contribution in [3.05, 3.63) is 65.4 Å². The zero-order chi connectivity index (χ0) is 26.2.